The monoisotopic (exact) mass is 193 g/mol. The van der Waals surface area contributed by atoms with Crippen molar-refractivity contribution < 1.29 is 9.40 Å². The standard InChI is InChI=1S/C11H17N2O/c1-11(2,3)14-12-9-10-7-5-6-8-13(10)4/h5-9H,1-4H3/q+1/b12-9+. The Morgan fingerprint density at radius 2 is 2.07 bits per heavy atom. The smallest absolute Gasteiger partial charge is 0.226 e. The summed E-state index contributed by atoms with van der Waals surface area (Å²) in [7, 11) is 1.97. The van der Waals surface area contributed by atoms with E-state index in [4.69, 9.17) is 4.84 Å². The first kappa shape index (κ1) is 10.7. The molecule has 0 amide bonds. The topological polar surface area (TPSA) is 25.5 Å². The molecule has 0 aliphatic carbocycles. The molecule has 3 heteroatoms. The van der Waals surface area contributed by atoms with Gasteiger partial charge in [-0.2, -0.15) is 0 Å². The summed E-state index contributed by atoms with van der Waals surface area (Å²) in [4.78, 5) is 5.24. The van der Waals surface area contributed by atoms with E-state index in [9.17, 15) is 0 Å². The second kappa shape index (κ2) is 4.22. The van der Waals surface area contributed by atoms with Gasteiger partial charge in [0.25, 0.3) is 0 Å². The van der Waals surface area contributed by atoms with E-state index in [-0.39, 0.29) is 5.60 Å². The van der Waals surface area contributed by atoms with Gasteiger partial charge >= 0.3 is 0 Å². The zero-order valence-electron chi connectivity index (χ0n) is 9.19. The van der Waals surface area contributed by atoms with Crippen LogP contribution in [0.15, 0.2) is 29.6 Å². The lowest BCUT2D eigenvalue weighted by molar-refractivity contribution is -0.672. The van der Waals surface area contributed by atoms with Crippen molar-refractivity contribution in [1.82, 2.24) is 0 Å². The first-order chi connectivity index (χ1) is 6.49. The molecule has 0 aromatic carbocycles. The van der Waals surface area contributed by atoms with E-state index in [1.54, 1.807) is 6.21 Å². The van der Waals surface area contributed by atoms with Crippen molar-refractivity contribution in [3.63, 3.8) is 0 Å². The molecule has 0 saturated carbocycles. The highest BCUT2D eigenvalue weighted by Crippen LogP contribution is 2.06. The third-order valence-electron chi connectivity index (χ3n) is 1.61. The highest BCUT2D eigenvalue weighted by Gasteiger charge is 2.09. The molecular weight excluding hydrogens is 176 g/mol. The number of pyridine rings is 1. The minimum absolute atomic E-state index is 0.232. The summed E-state index contributed by atoms with van der Waals surface area (Å²) in [6.45, 7) is 5.90. The second-order valence-electron chi connectivity index (χ2n) is 4.17. The summed E-state index contributed by atoms with van der Waals surface area (Å²) >= 11 is 0. The van der Waals surface area contributed by atoms with Gasteiger partial charge in [-0.1, -0.05) is 5.16 Å². The molecule has 0 bridgehead atoms. The van der Waals surface area contributed by atoms with Crippen LogP contribution in [0, 0.1) is 0 Å². The number of hydrogen-bond acceptors (Lipinski definition) is 2. The van der Waals surface area contributed by atoms with Gasteiger partial charge in [-0.3, -0.25) is 0 Å². The summed E-state index contributed by atoms with van der Waals surface area (Å²) < 4.78 is 1.98. The quantitative estimate of drug-likeness (QED) is 0.398. The van der Waals surface area contributed by atoms with Gasteiger partial charge in [0.2, 0.25) is 5.69 Å². The van der Waals surface area contributed by atoms with E-state index < -0.39 is 0 Å². The molecular formula is C11H17N2O+. The predicted octanol–water partition coefficient (Wildman–Crippen LogP) is 1.66. The van der Waals surface area contributed by atoms with Gasteiger partial charge in [-0.05, 0) is 26.8 Å². The van der Waals surface area contributed by atoms with Crippen LogP contribution < -0.4 is 4.57 Å². The fourth-order valence-corrected chi connectivity index (χ4v) is 0.909. The lowest BCUT2D eigenvalue weighted by Gasteiger charge is -2.14. The van der Waals surface area contributed by atoms with Crippen LogP contribution in [0.1, 0.15) is 26.5 Å². The molecule has 0 saturated heterocycles. The van der Waals surface area contributed by atoms with Crippen molar-refractivity contribution in [2.75, 3.05) is 0 Å². The summed E-state index contributed by atoms with van der Waals surface area (Å²) in [5.41, 5.74) is 0.779. The number of rotatable bonds is 2. The maximum atomic E-state index is 5.24. The Morgan fingerprint density at radius 3 is 2.64 bits per heavy atom. The van der Waals surface area contributed by atoms with Crippen LogP contribution in [0.4, 0.5) is 0 Å². The predicted molar refractivity (Wildman–Crippen MR) is 56.1 cm³/mol. The van der Waals surface area contributed by atoms with Gasteiger partial charge in [0.05, 0.1) is 0 Å². The van der Waals surface area contributed by atoms with Gasteiger partial charge in [-0.15, -0.1) is 0 Å². The SMILES string of the molecule is C[n+]1ccccc1/C=N/OC(C)(C)C. The molecule has 0 aliphatic rings. The van der Waals surface area contributed by atoms with E-state index >= 15 is 0 Å². The van der Waals surface area contributed by atoms with Crippen LogP contribution in [0.25, 0.3) is 0 Å². The lowest BCUT2D eigenvalue weighted by atomic mass is 10.2. The molecule has 1 aromatic heterocycles. The molecule has 0 atom stereocenters. The largest absolute Gasteiger partial charge is 0.390 e. The van der Waals surface area contributed by atoms with Crippen LogP contribution >= 0.6 is 0 Å². The molecule has 1 aromatic rings. The molecule has 0 unspecified atom stereocenters. The summed E-state index contributed by atoms with van der Waals surface area (Å²) in [6, 6.07) is 5.93. The van der Waals surface area contributed by atoms with Crippen LogP contribution in [-0.4, -0.2) is 11.8 Å². The molecule has 1 heterocycles. The van der Waals surface area contributed by atoms with Crippen molar-refractivity contribution in [1.29, 1.82) is 0 Å². The van der Waals surface area contributed by atoms with Crippen LogP contribution in [0.2, 0.25) is 0 Å². The molecule has 0 fully saturated rings. The fraction of sp³-hybridized carbons (Fsp3) is 0.455. The molecule has 3 nitrogen and oxygen atoms in total. The maximum absolute atomic E-state index is 5.24. The minimum Gasteiger partial charge on any atom is -0.390 e. The lowest BCUT2D eigenvalue weighted by Crippen LogP contribution is -2.32. The second-order valence-corrected chi connectivity index (χ2v) is 4.17. The van der Waals surface area contributed by atoms with E-state index in [1.807, 2.05) is 56.8 Å². The molecule has 14 heavy (non-hydrogen) atoms. The van der Waals surface area contributed by atoms with Gasteiger partial charge < -0.3 is 4.84 Å². The van der Waals surface area contributed by atoms with Crippen molar-refractivity contribution in [3.8, 4) is 0 Å². The Morgan fingerprint density at radius 1 is 1.36 bits per heavy atom. The van der Waals surface area contributed by atoms with E-state index in [1.165, 1.54) is 0 Å². The molecule has 0 aliphatic heterocycles. The average Bonchev–Trinajstić information content (AvgIpc) is 2.06. The average molecular weight is 193 g/mol. The number of hydrogen-bond donors (Lipinski definition) is 0. The molecule has 76 valence electrons. The van der Waals surface area contributed by atoms with Crippen LogP contribution in [0.5, 0.6) is 0 Å². The Balaban J connectivity index is 2.65. The third kappa shape index (κ3) is 3.56. The van der Waals surface area contributed by atoms with Crippen molar-refractivity contribution in [2.24, 2.45) is 12.2 Å². The first-order valence-corrected chi connectivity index (χ1v) is 4.65. The van der Waals surface area contributed by atoms with Crippen molar-refractivity contribution >= 4 is 6.21 Å². The molecule has 1 rings (SSSR count). The maximum Gasteiger partial charge on any atom is 0.226 e. The zero-order chi connectivity index (χ0) is 10.6. The molecule has 0 radical (unpaired) electrons. The van der Waals surface area contributed by atoms with Gasteiger partial charge in [0, 0.05) is 12.1 Å². The van der Waals surface area contributed by atoms with Crippen molar-refractivity contribution in [3.05, 3.63) is 30.1 Å². The fourth-order valence-electron chi connectivity index (χ4n) is 0.909. The summed E-state index contributed by atoms with van der Waals surface area (Å²) in [5.74, 6) is 0. The third-order valence-corrected chi connectivity index (χ3v) is 1.61. The normalized spacial score (nSPS) is 12.0. The van der Waals surface area contributed by atoms with E-state index in [0.717, 1.165) is 5.69 Å². The van der Waals surface area contributed by atoms with Crippen LogP contribution in [-0.2, 0) is 11.9 Å². The molecule has 0 N–H and O–H groups in total. The Bertz CT molecular complexity index is 326. The molecule has 0 spiro atoms. The summed E-state index contributed by atoms with van der Waals surface area (Å²) in [6.07, 6.45) is 3.68. The number of aromatic nitrogens is 1. The number of aryl methyl sites for hydroxylation is 1. The van der Waals surface area contributed by atoms with Crippen molar-refractivity contribution in [2.45, 2.75) is 26.4 Å². The van der Waals surface area contributed by atoms with Gasteiger partial charge in [0.15, 0.2) is 6.20 Å². The Labute approximate surface area is 85.0 Å². The minimum atomic E-state index is -0.232. The number of nitrogens with zero attached hydrogens (tertiary/aromatic N) is 2. The van der Waals surface area contributed by atoms with Crippen LogP contribution in [0.3, 0.4) is 0 Å². The number of oxime groups is 1. The van der Waals surface area contributed by atoms with Gasteiger partial charge in [0.1, 0.15) is 18.9 Å². The highest BCUT2D eigenvalue weighted by atomic mass is 16.6. The Hall–Kier alpha value is -1.38. The first-order valence-electron chi connectivity index (χ1n) is 4.65. The van der Waals surface area contributed by atoms with E-state index in [2.05, 4.69) is 5.16 Å². The zero-order valence-corrected chi connectivity index (χ0v) is 9.19. The van der Waals surface area contributed by atoms with E-state index in [0.29, 0.717) is 0 Å². The van der Waals surface area contributed by atoms with Gasteiger partial charge in [-0.25, -0.2) is 4.57 Å². The Kier molecular flexibility index (Phi) is 3.23. The summed E-state index contributed by atoms with van der Waals surface area (Å²) in [5, 5.41) is 3.93. The highest BCUT2D eigenvalue weighted by molar-refractivity contribution is 5.74.